The molecule has 1 aliphatic rings. The minimum absolute atomic E-state index is 0.0360. The second-order valence-electron chi connectivity index (χ2n) is 3.67. The van der Waals surface area contributed by atoms with Gasteiger partial charge in [0.15, 0.2) is 9.84 Å². The van der Waals surface area contributed by atoms with Crippen molar-refractivity contribution in [1.29, 1.82) is 0 Å². The predicted octanol–water partition coefficient (Wildman–Crippen LogP) is -0.306. The third-order valence-electron chi connectivity index (χ3n) is 2.30. The van der Waals surface area contributed by atoms with Gasteiger partial charge in [-0.1, -0.05) is 0 Å². The van der Waals surface area contributed by atoms with Crippen molar-refractivity contribution in [2.75, 3.05) is 25.1 Å². The average Bonchev–Trinajstić information content (AvgIpc) is 2.28. The van der Waals surface area contributed by atoms with Crippen molar-refractivity contribution < 1.29 is 13.2 Å². The van der Waals surface area contributed by atoms with Crippen LogP contribution in [0.5, 0.6) is 0 Å². The van der Waals surface area contributed by atoms with Gasteiger partial charge in [0.05, 0.1) is 18.1 Å². The third-order valence-corrected chi connectivity index (χ3v) is 4.05. The van der Waals surface area contributed by atoms with E-state index in [-0.39, 0.29) is 23.3 Å². The van der Waals surface area contributed by atoms with Crippen molar-refractivity contribution in [1.82, 2.24) is 4.90 Å². The number of hydrogen-bond donors (Lipinski definition) is 0. The highest BCUT2D eigenvalue weighted by Gasteiger charge is 2.30. The van der Waals surface area contributed by atoms with Crippen LogP contribution in [-0.2, 0) is 14.6 Å². The fourth-order valence-electron chi connectivity index (χ4n) is 1.60. The SMILES string of the molecule is CC(=O)CN(C)C1CCS(=O)(=O)C1. The van der Waals surface area contributed by atoms with Gasteiger partial charge in [-0.2, -0.15) is 0 Å². The van der Waals surface area contributed by atoms with Crippen molar-refractivity contribution in [3.63, 3.8) is 0 Å². The molecule has 1 unspecified atom stereocenters. The van der Waals surface area contributed by atoms with Gasteiger partial charge in [0.25, 0.3) is 0 Å². The van der Waals surface area contributed by atoms with Crippen LogP contribution in [0.2, 0.25) is 0 Å². The smallest absolute Gasteiger partial charge is 0.151 e. The Morgan fingerprint density at radius 3 is 2.54 bits per heavy atom. The van der Waals surface area contributed by atoms with E-state index in [4.69, 9.17) is 0 Å². The van der Waals surface area contributed by atoms with E-state index in [1.165, 1.54) is 6.92 Å². The van der Waals surface area contributed by atoms with Crippen molar-refractivity contribution in [3.8, 4) is 0 Å². The summed E-state index contributed by atoms with van der Waals surface area (Å²) in [5.41, 5.74) is 0. The van der Waals surface area contributed by atoms with Crippen molar-refractivity contribution in [2.45, 2.75) is 19.4 Å². The van der Waals surface area contributed by atoms with E-state index in [2.05, 4.69) is 0 Å². The van der Waals surface area contributed by atoms with Crippen LogP contribution in [0.1, 0.15) is 13.3 Å². The van der Waals surface area contributed by atoms with Gasteiger partial charge in [0.2, 0.25) is 0 Å². The number of ketones is 1. The number of sulfone groups is 1. The van der Waals surface area contributed by atoms with Crippen molar-refractivity contribution in [3.05, 3.63) is 0 Å². The molecule has 0 aromatic heterocycles. The lowest BCUT2D eigenvalue weighted by molar-refractivity contribution is -0.118. The maximum absolute atomic E-state index is 11.1. The van der Waals surface area contributed by atoms with Gasteiger partial charge in [-0.15, -0.1) is 0 Å². The predicted molar refractivity (Wildman–Crippen MR) is 50.4 cm³/mol. The van der Waals surface area contributed by atoms with Gasteiger partial charge in [0.1, 0.15) is 5.78 Å². The summed E-state index contributed by atoms with van der Waals surface area (Å²) >= 11 is 0. The zero-order valence-electron chi connectivity index (χ0n) is 7.99. The second-order valence-corrected chi connectivity index (χ2v) is 5.90. The molecule has 0 spiro atoms. The molecule has 0 aromatic rings. The lowest BCUT2D eigenvalue weighted by atomic mass is 10.2. The van der Waals surface area contributed by atoms with E-state index in [1.807, 2.05) is 4.90 Å². The minimum atomic E-state index is -2.83. The monoisotopic (exact) mass is 205 g/mol. The van der Waals surface area contributed by atoms with Crippen LogP contribution < -0.4 is 0 Å². The molecule has 0 bridgehead atoms. The molecule has 1 rings (SSSR count). The van der Waals surface area contributed by atoms with E-state index >= 15 is 0 Å². The first-order chi connectivity index (χ1) is 5.91. The number of likely N-dealkylation sites (N-methyl/N-ethyl adjacent to an activating group) is 1. The number of hydrogen-bond acceptors (Lipinski definition) is 4. The van der Waals surface area contributed by atoms with E-state index in [0.717, 1.165) is 0 Å². The van der Waals surface area contributed by atoms with Gasteiger partial charge in [-0.25, -0.2) is 8.42 Å². The molecule has 5 heteroatoms. The average molecular weight is 205 g/mol. The molecule has 4 nitrogen and oxygen atoms in total. The molecule has 0 N–H and O–H groups in total. The molecule has 13 heavy (non-hydrogen) atoms. The molecular weight excluding hydrogens is 190 g/mol. The van der Waals surface area contributed by atoms with Crippen LogP contribution in [0, 0.1) is 0 Å². The molecule has 1 atom stereocenters. The Morgan fingerprint density at radius 1 is 1.54 bits per heavy atom. The van der Waals surface area contributed by atoms with Crippen LogP contribution >= 0.6 is 0 Å². The standard InChI is InChI=1S/C8H15NO3S/c1-7(10)5-9(2)8-3-4-13(11,12)6-8/h8H,3-6H2,1-2H3. The lowest BCUT2D eigenvalue weighted by Crippen LogP contribution is -2.35. The Hall–Kier alpha value is -0.420. The highest BCUT2D eigenvalue weighted by molar-refractivity contribution is 7.91. The summed E-state index contributed by atoms with van der Waals surface area (Å²) in [7, 11) is -1.03. The van der Waals surface area contributed by atoms with Gasteiger partial charge < -0.3 is 0 Å². The molecule has 0 saturated carbocycles. The van der Waals surface area contributed by atoms with Crippen LogP contribution in [0.3, 0.4) is 0 Å². The molecule has 0 aromatic carbocycles. The van der Waals surface area contributed by atoms with E-state index in [9.17, 15) is 13.2 Å². The van der Waals surface area contributed by atoms with Gasteiger partial charge in [-0.3, -0.25) is 9.69 Å². The molecule has 1 heterocycles. The molecule has 0 radical (unpaired) electrons. The number of Topliss-reactive ketones (excluding diaryl/α,β-unsaturated/α-hetero) is 1. The van der Waals surface area contributed by atoms with Crippen LogP contribution in [0.25, 0.3) is 0 Å². The quantitative estimate of drug-likeness (QED) is 0.634. The first-order valence-electron chi connectivity index (χ1n) is 4.31. The van der Waals surface area contributed by atoms with Crippen molar-refractivity contribution in [2.24, 2.45) is 0 Å². The summed E-state index contributed by atoms with van der Waals surface area (Å²) in [6.07, 6.45) is 0.659. The summed E-state index contributed by atoms with van der Waals surface area (Å²) < 4.78 is 22.2. The van der Waals surface area contributed by atoms with Crippen molar-refractivity contribution >= 4 is 15.6 Å². The molecule has 0 aliphatic carbocycles. The highest BCUT2D eigenvalue weighted by Crippen LogP contribution is 2.15. The Balaban J connectivity index is 2.51. The van der Waals surface area contributed by atoms with E-state index < -0.39 is 9.84 Å². The first kappa shape index (κ1) is 10.7. The summed E-state index contributed by atoms with van der Waals surface area (Å²) in [6, 6.07) is 0.0360. The van der Waals surface area contributed by atoms with E-state index in [1.54, 1.807) is 7.05 Å². The van der Waals surface area contributed by atoms with Crippen LogP contribution in [-0.4, -0.2) is 50.2 Å². The van der Waals surface area contributed by atoms with Gasteiger partial charge >= 0.3 is 0 Å². The molecular formula is C8H15NO3S. The number of carbonyl (C=O) groups excluding carboxylic acids is 1. The Morgan fingerprint density at radius 2 is 2.15 bits per heavy atom. The number of carbonyl (C=O) groups is 1. The number of nitrogens with zero attached hydrogens (tertiary/aromatic N) is 1. The fourth-order valence-corrected chi connectivity index (χ4v) is 3.41. The molecule has 0 amide bonds. The molecule has 1 fully saturated rings. The topological polar surface area (TPSA) is 54.5 Å². The fraction of sp³-hybridized carbons (Fsp3) is 0.875. The van der Waals surface area contributed by atoms with Crippen LogP contribution in [0.15, 0.2) is 0 Å². The Kier molecular flexibility index (Phi) is 3.08. The second kappa shape index (κ2) is 3.75. The largest absolute Gasteiger partial charge is 0.299 e. The maximum Gasteiger partial charge on any atom is 0.151 e. The summed E-state index contributed by atoms with van der Waals surface area (Å²) in [4.78, 5) is 12.6. The molecule has 1 saturated heterocycles. The molecule has 1 aliphatic heterocycles. The van der Waals surface area contributed by atoms with Gasteiger partial charge in [-0.05, 0) is 20.4 Å². The normalized spacial score (nSPS) is 26.5. The zero-order valence-corrected chi connectivity index (χ0v) is 8.80. The maximum atomic E-state index is 11.1. The summed E-state index contributed by atoms with van der Waals surface area (Å²) in [5.74, 6) is 0.545. The van der Waals surface area contributed by atoms with Crippen LogP contribution in [0.4, 0.5) is 0 Å². The molecule has 76 valence electrons. The zero-order chi connectivity index (χ0) is 10.1. The summed E-state index contributed by atoms with van der Waals surface area (Å²) in [5, 5.41) is 0. The summed E-state index contributed by atoms with van der Waals surface area (Å²) in [6.45, 7) is 1.86. The number of rotatable bonds is 3. The Labute approximate surface area is 78.8 Å². The van der Waals surface area contributed by atoms with E-state index in [0.29, 0.717) is 13.0 Å². The third kappa shape index (κ3) is 3.08. The minimum Gasteiger partial charge on any atom is -0.299 e. The Bertz CT molecular complexity index is 297. The van der Waals surface area contributed by atoms with Gasteiger partial charge in [0, 0.05) is 6.04 Å². The highest BCUT2D eigenvalue weighted by atomic mass is 32.2. The first-order valence-corrected chi connectivity index (χ1v) is 6.13. The lowest BCUT2D eigenvalue weighted by Gasteiger charge is -2.21.